The normalized spacial score (nSPS) is 24.1. The van der Waals surface area contributed by atoms with Crippen LogP contribution in [-0.2, 0) is 0 Å². The van der Waals surface area contributed by atoms with E-state index < -0.39 is 0 Å². The van der Waals surface area contributed by atoms with Crippen molar-refractivity contribution < 1.29 is 4.39 Å². The lowest BCUT2D eigenvalue weighted by Crippen LogP contribution is -2.30. The van der Waals surface area contributed by atoms with Crippen molar-refractivity contribution in [1.82, 2.24) is 5.32 Å². The molecule has 100 valence electrons. The van der Waals surface area contributed by atoms with E-state index in [1.807, 2.05) is 12.1 Å². The van der Waals surface area contributed by atoms with Crippen LogP contribution in [0.1, 0.15) is 50.5 Å². The summed E-state index contributed by atoms with van der Waals surface area (Å²) >= 11 is 0. The van der Waals surface area contributed by atoms with Crippen LogP contribution < -0.4 is 5.32 Å². The Balaban J connectivity index is 2.05. The van der Waals surface area contributed by atoms with Crippen molar-refractivity contribution in [3.05, 3.63) is 35.6 Å². The van der Waals surface area contributed by atoms with Gasteiger partial charge < -0.3 is 5.32 Å². The molecule has 1 nitrogen and oxygen atoms in total. The molecule has 1 fully saturated rings. The molecule has 2 rings (SSSR count). The van der Waals surface area contributed by atoms with Gasteiger partial charge in [0.15, 0.2) is 0 Å². The molecule has 1 N–H and O–H groups in total. The Labute approximate surface area is 110 Å². The van der Waals surface area contributed by atoms with E-state index >= 15 is 0 Å². The van der Waals surface area contributed by atoms with Crippen molar-refractivity contribution in [2.24, 2.45) is 5.92 Å². The van der Waals surface area contributed by atoms with Gasteiger partial charge in [-0.3, -0.25) is 0 Å². The molecule has 2 unspecified atom stereocenters. The Morgan fingerprint density at radius 2 is 2.00 bits per heavy atom. The fraction of sp³-hybridized carbons (Fsp3) is 0.625. The van der Waals surface area contributed by atoms with E-state index in [0.717, 1.165) is 31.5 Å². The molecule has 1 aliphatic carbocycles. The van der Waals surface area contributed by atoms with Crippen molar-refractivity contribution in [1.29, 1.82) is 0 Å². The Kier molecular flexibility index (Phi) is 5.18. The second kappa shape index (κ2) is 6.89. The van der Waals surface area contributed by atoms with E-state index in [0.29, 0.717) is 11.8 Å². The minimum Gasteiger partial charge on any atom is -0.316 e. The number of hydrogen-bond acceptors (Lipinski definition) is 1. The van der Waals surface area contributed by atoms with E-state index in [2.05, 4.69) is 12.2 Å². The minimum absolute atomic E-state index is 0.0232. The molecule has 0 spiro atoms. The van der Waals surface area contributed by atoms with E-state index in [-0.39, 0.29) is 5.82 Å². The summed E-state index contributed by atoms with van der Waals surface area (Å²) in [6, 6.07) is 7.31. The molecule has 2 heteroatoms. The minimum atomic E-state index is -0.0232. The molecule has 1 aliphatic rings. The summed E-state index contributed by atoms with van der Waals surface area (Å²) in [6.07, 6.45) is 6.07. The highest BCUT2D eigenvalue weighted by Crippen LogP contribution is 2.38. The highest BCUT2D eigenvalue weighted by atomic mass is 19.1. The first kappa shape index (κ1) is 13.5. The summed E-state index contributed by atoms with van der Waals surface area (Å²) in [5, 5.41) is 3.50. The molecule has 0 bridgehead atoms. The SMILES string of the molecule is CCCNCC1CCCCC1c1ccccc1F. The highest BCUT2D eigenvalue weighted by Gasteiger charge is 2.27. The van der Waals surface area contributed by atoms with Gasteiger partial charge in [-0.1, -0.05) is 38.0 Å². The van der Waals surface area contributed by atoms with Gasteiger partial charge in [0.25, 0.3) is 0 Å². The largest absolute Gasteiger partial charge is 0.316 e. The molecule has 0 aliphatic heterocycles. The fourth-order valence-electron chi connectivity index (χ4n) is 3.10. The van der Waals surface area contributed by atoms with Crippen LogP contribution in [0.2, 0.25) is 0 Å². The molecule has 0 amide bonds. The summed E-state index contributed by atoms with van der Waals surface area (Å²) in [7, 11) is 0. The van der Waals surface area contributed by atoms with Crippen LogP contribution in [0.15, 0.2) is 24.3 Å². The van der Waals surface area contributed by atoms with Crippen molar-refractivity contribution in [2.45, 2.75) is 44.9 Å². The Morgan fingerprint density at radius 1 is 1.22 bits per heavy atom. The number of rotatable bonds is 5. The third kappa shape index (κ3) is 3.32. The first-order chi connectivity index (χ1) is 8.83. The maximum absolute atomic E-state index is 13.9. The molecule has 2 atom stereocenters. The summed E-state index contributed by atoms with van der Waals surface area (Å²) < 4.78 is 13.9. The quantitative estimate of drug-likeness (QED) is 0.775. The second-order valence-corrected chi connectivity index (χ2v) is 5.38. The van der Waals surface area contributed by atoms with Crippen molar-refractivity contribution in [3.8, 4) is 0 Å². The average Bonchev–Trinajstić information content (AvgIpc) is 2.40. The van der Waals surface area contributed by atoms with Gasteiger partial charge in [0.05, 0.1) is 0 Å². The third-order valence-electron chi connectivity index (χ3n) is 4.05. The van der Waals surface area contributed by atoms with Crippen molar-refractivity contribution in [2.75, 3.05) is 13.1 Å². The van der Waals surface area contributed by atoms with E-state index in [4.69, 9.17) is 0 Å². The number of benzene rings is 1. The van der Waals surface area contributed by atoms with Crippen LogP contribution in [0.3, 0.4) is 0 Å². The van der Waals surface area contributed by atoms with Gasteiger partial charge in [-0.05, 0) is 55.8 Å². The molecule has 0 aromatic heterocycles. The molecule has 1 aromatic rings. The monoisotopic (exact) mass is 249 g/mol. The van der Waals surface area contributed by atoms with Gasteiger partial charge in [0.1, 0.15) is 5.82 Å². The molecule has 18 heavy (non-hydrogen) atoms. The van der Waals surface area contributed by atoms with Crippen LogP contribution in [0.25, 0.3) is 0 Å². The molecular weight excluding hydrogens is 225 g/mol. The number of halogens is 1. The van der Waals surface area contributed by atoms with Gasteiger partial charge in [-0.2, -0.15) is 0 Å². The van der Waals surface area contributed by atoms with Gasteiger partial charge in [0.2, 0.25) is 0 Å². The van der Waals surface area contributed by atoms with Crippen LogP contribution in [-0.4, -0.2) is 13.1 Å². The number of hydrogen-bond donors (Lipinski definition) is 1. The fourth-order valence-corrected chi connectivity index (χ4v) is 3.10. The predicted molar refractivity (Wildman–Crippen MR) is 74.3 cm³/mol. The standard InChI is InChI=1S/C16H24FN/c1-2-11-18-12-13-7-3-4-8-14(13)15-9-5-6-10-16(15)17/h5-6,9-10,13-14,18H,2-4,7-8,11-12H2,1H3. The zero-order valence-electron chi connectivity index (χ0n) is 11.3. The lowest BCUT2D eigenvalue weighted by Gasteiger charge is -2.32. The first-order valence-corrected chi connectivity index (χ1v) is 7.28. The van der Waals surface area contributed by atoms with Crippen LogP contribution in [0, 0.1) is 11.7 Å². The lowest BCUT2D eigenvalue weighted by atomic mass is 9.75. The smallest absolute Gasteiger partial charge is 0.126 e. The summed E-state index contributed by atoms with van der Waals surface area (Å²) in [6.45, 7) is 4.29. The molecular formula is C16H24FN. The number of nitrogens with one attached hydrogen (secondary N) is 1. The highest BCUT2D eigenvalue weighted by molar-refractivity contribution is 5.23. The molecule has 1 aromatic carbocycles. The predicted octanol–water partition coefficient (Wildman–Crippen LogP) is 4.10. The molecule has 0 radical (unpaired) electrons. The zero-order chi connectivity index (χ0) is 12.8. The maximum Gasteiger partial charge on any atom is 0.126 e. The first-order valence-electron chi connectivity index (χ1n) is 7.28. The van der Waals surface area contributed by atoms with E-state index in [9.17, 15) is 4.39 Å². The Morgan fingerprint density at radius 3 is 2.78 bits per heavy atom. The molecule has 1 saturated carbocycles. The van der Waals surface area contributed by atoms with Gasteiger partial charge >= 0.3 is 0 Å². The Bertz CT molecular complexity index is 364. The third-order valence-corrected chi connectivity index (χ3v) is 4.05. The average molecular weight is 249 g/mol. The molecule has 0 heterocycles. The van der Waals surface area contributed by atoms with E-state index in [1.165, 1.54) is 19.3 Å². The van der Waals surface area contributed by atoms with Gasteiger partial charge in [-0.15, -0.1) is 0 Å². The summed E-state index contributed by atoms with van der Waals surface area (Å²) in [5.41, 5.74) is 0.931. The zero-order valence-corrected chi connectivity index (χ0v) is 11.3. The second-order valence-electron chi connectivity index (χ2n) is 5.38. The van der Waals surface area contributed by atoms with Gasteiger partial charge in [0, 0.05) is 0 Å². The van der Waals surface area contributed by atoms with Crippen molar-refractivity contribution in [3.63, 3.8) is 0 Å². The van der Waals surface area contributed by atoms with Crippen LogP contribution in [0.5, 0.6) is 0 Å². The molecule has 0 saturated heterocycles. The lowest BCUT2D eigenvalue weighted by molar-refractivity contribution is 0.290. The maximum atomic E-state index is 13.9. The summed E-state index contributed by atoms with van der Waals surface area (Å²) in [5.74, 6) is 0.983. The Hall–Kier alpha value is -0.890. The van der Waals surface area contributed by atoms with Gasteiger partial charge in [-0.25, -0.2) is 4.39 Å². The topological polar surface area (TPSA) is 12.0 Å². The van der Waals surface area contributed by atoms with Crippen LogP contribution in [0.4, 0.5) is 4.39 Å². The van der Waals surface area contributed by atoms with Crippen LogP contribution >= 0.6 is 0 Å². The summed E-state index contributed by atoms with van der Waals surface area (Å²) in [4.78, 5) is 0. The van der Waals surface area contributed by atoms with E-state index in [1.54, 1.807) is 12.1 Å². The van der Waals surface area contributed by atoms with Crippen molar-refractivity contribution >= 4 is 0 Å².